The second kappa shape index (κ2) is 10.2. The molecule has 0 fully saturated rings. The fraction of sp³-hybridized carbons (Fsp3) is 0.269. The molecule has 0 unspecified atom stereocenters. The van der Waals surface area contributed by atoms with E-state index in [0.717, 1.165) is 22.6 Å². The van der Waals surface area contributed by atoms with Gasteiger partial charge < -0.3 is 9.15 Å². The summed E-state index contributed by atoms with van der Waals surface area (Å²) in [6.07, 6.45) is -0.786. The summed E-state index contributed by atoms with van der Waals surface area (Å²) in [5.74, 6) is 0.377. The van der Waals surface area contributed by atoms with Gasteiger partial charge >= 0.3 is 12.3 Å². The Morgan fingerprint density at radius 2 is 1.77 bits per heavy atom. The summed E-state index contributed by atoms with van der Waals surface area (Å²) in [5, 5.41) is 0. The van der Waals surface area contributed by atoms with Crippen LogP contribution in [0, 0.1) is 0 Å². The average Bonchev–Trinajstić information content (AvgIpc) is 3.20. The largest absolute Gasteiger partial charge is 0.446 e. The molecule has 184 valence electrons. The van der Waals surface area contributed by atoms with Crippen LogP contribution in [-0.2, 0) is 17.3 Å². The van der Waals surface area contributed by atoms with E-state index in [1.54, 1.807) is 39.0 Å². The molecule has 6 nitrogen and oxygen atoms in total. The van der Waals surface area contributed by atoms with Crippen LogP contribution in [0.4, 0.5) is 23.8 Å². The predicted octanol–water partition coefficient (Wildman–Crippen LogP) is 6.90. The first kappa shape index (κ1) is 25.7. The minimum Gasteiger partial charge on any atom is -0.446 e. The first-order valence-corrected chi connectivity index (χ1v) is 10.7. The summed E-state index contributed by atoms with van der Waals surface area (Å²) in [4.78, 5) is 29.9. The smallest absolute Gasteiger partial charge is 0.420 e. The van der Waals surface area contributed by atoms with E-state index in [1.807, 2.05) is 6.07 Å². The van der Waals surface area contributed by atoms with Crippen molar-refractivity contribution in [2.24, 2.45) is 0 Å². The highest BCUT2D eigenvalue weighted by atomic mass is 19.4. The Morgan fingerprint density at radius 3 is 2.37 bits per heavy atom. The molecule has 9 heteroatoms. The van der Waals surface area contributed by atoms with E-state index >= 15 is 0 Å². The van der Waals surface area contributed by atoms with Gasteiger partial charge in [0, 0.05) is 18.2 Å². The summed E-state index contributed by atoms with van der Waals surface area (Å²) in [6.45, 7) is 6.60. The maximum Gasteiger partial charge on any atom is 0.420 e. The molecule has 0 bridgehead atoms. The lowest BCUT2D eigenvalue weighted by Crippen LogP contribution is -2.33. The fourth-order valence-electron chi connectivity index (χ4n) is 3.05. The van der Waals surface area contributed by atoms with Crippen molar-refractivity contribution in [3.05, 3.63) is 89.1 Å². The van der Waals surface area contributed by atoms with E-state index in [1.165, 1.54) is 37.6 Å². The van der Waals surface area contributed by atoms with Crippen molar-refractivity contribution in [2.45, 2.75) is 45.9 Å². The van der Waals surface area contributed by atoms with Gasteiger partial charge in [-0.15, -0.1) is 0 Å². The first-order valence-electron chi connectivity index (χ1n) is 10.7. The van der Waals surface area contributed by atoms with Gasteiger partial charge in [-0.25, -0.2) is 9.69 Å². The first-order chi connectivity index (χ1) is 16.3. The lowest BCUT2D eigenvalue weighted by atomic mass is 10.1. The molecule has 1 aromatic heterocycles. The van der Waals surface area contributed by atoms with Crippen LogP contribution >= 0.6 is 0 Å². The third-order valence-corrected chi connectivity index (χ3v) is 4.72. The molecule has 3 aromatic rings. The van der Waals surface area contributed by atoms with Crippen LogP contribution in [0.25, 0.3) is 6.08 Å². The van der Waals surface area contributed by atoms with E-state index in [0.29, 0.717) is 17.0 Å². The molecule has 1 amide bonds. The molecule has 0 radical (unpaired) electrons. The standard InChI is InChI=1S/C26H25F3N2O4/c1-17(32)20-7-5-6-19(14-20)15-23-30-22(16-34-23)31(24(33)35-25(2,3)4)13-12-18-8-10-21(11-9-18)26(27,28)29/h5-14,16H,15H2,1-4H3/b13-12+. The van der Waals surface area contributed by atoms with Crippen LogP contribution in [0.3, 0.4) is 0 Å². The molecule has 35 heavy (non-hydrogen) atoms. The minimum atomic E-state index is -4.44. The predicted molar refractivity (Wildman–Crippen MR) is 125 cm³/mol. The zero-order chi connectivity index (χ0) is 25.8. The SMILES string of the molecule is CC(=O)c1cccc(Cc2nc(N(/C=C/c3ccc(C(F)(F)F)cc3)C(=O)OC(C)(C)C)co2)c1. The van der Waals surface area contributed by atoms with Gasteiger partial charge in [0.15, 0.2) is 17.5 Å². The molecule has 0 aliphatic carbocycles. The van der Waals surface area contributed by atoms with Gasteiger partial charge in [-0.2, -0.15) is 18.2 Å². The van der Waals surface area contributed by atoms with Crippen LogP contribution in [-0.4, -0.2) is 22.5 Å². The lowest BCUT2D eigenvalue weighted by Gasteiger charge is -2.23. The molecule has 0 atom stereocenters. The molecule has 0 saturated heterocycles. The zero-order valence-electron chi connectivity index (χ0n) is 19.7. The van der Waals surface area contributed by atoms with Crippen molar-refractivity contribution < 1.29 is 31.9 Å². The quantitative estimate of drug-likeness (QED) is 0.355. The normalized spacial score (nSPS) is 12.1. The van der Waals surface area contributed by atoms with Crippen LogP contribution < -0.4 is 4.90 Å². The molecule has 0 spiro atoms. The molecule has 1 heterocycles. The van der Waals surface area contributed by atoms with Crippen LogP contribution in [0.2, 0.25) is 0 Å². The van der Waals surface area contributed by atoms with E-state index < -0.39 is 23.4 Å². The summed E-state index contributed by atoms with van der Waals surface area (Å²) in [5.41, 5.74) is 0.237. The average molecular weight is 486 g/mol. The Balaban J connectivity index is 1.85. The number of amides is 1. The number of ether oxygens (including phenoxy) is 1. The molecule has 3 rings (SSSR count). The van der Waals surface area contributed by atoms with Gasteiger partial charge in [-0.1, -0.05) is 30.3 Å². The van der Waals surface area contributed by atoms with Crippen molar-refractivity contribution in [3.63, 3.8) is 0 Å². The third-order valence-electron chi connectivity index (χ3n) is 4.72. The number of halogens is 3. The number of hydrogen-bond acceptors (Lipinski definition) is 5. The Morgan fingerprint density at radius 1 is 1.09 bits per heavy atom. The fourth-order valence-corrected chi connectivity index (χ4v) is 3.05. The van der Waals surface area contributed by atoms with Gasteiger partial charge in [-0.05, 0) is 63.1 Å². The molecule has 2 aromatic carbocycles. The Labute approximate surface area is 201 Å². The highest BCUT2D eigenvalue weighted by Gasteiger charge is 2.30. The van der Waals surface area contributed by atoms with Crippen molar-refractivity contribution in [1.82, 2.24) is 4.98 Å². The molecule has 0 aliphatic heterocycles. The van der Waals surface area contributed by atoms with Crippen LogP contribution in [0.1, 0.15) is 60.6 Å². The summed E-state index contributed by atoms with van der Waals surface area (Å²) < 4.78 is 49.4. The lowest BCUT2D eigenvalue weighted by molar-refractivity contribution is -0.137. The number of carbonyl (C=O) groups is 2. The summed E-state index contributed by atoms with van der Waals surface area (Å²) >= 11 is 0. The number of hydrogen-bond donors (Lipinski definition) is 0. The number of rotatable bonds is 6. The maximum atomic E-state index is 12.8. The molecular formula is C26H25F3N2O4. The second-order valence-electron chi connectivity index (χ2n) is 8.82. The topological polar surface area (TPSA) is 72.6 Å². The van der Waals surface area contributed by atoms with Crippen LogP contribution in [0.15, 0.2) is 65.4 Å². The highest BCUT2D eigenvalue weighted by Crippen LogP contribution is 2.29. The van der Waals surface area contributed by atoms with Gasteiger partial charge in [0.2, 0.25) is 0 Å². The Kier molecular flexibility index (Phi) is 7.48. The Hall–Kier alpha value is -3.88. The number of benzene rings is 2. The van der Waals surface area contributed by atoms with Gasteiger partial charge in [0.05, 0.1) is 5.56 Å². The second-order valence-corrected chi connectivity index (χ2v) is 8.82. The number of aromatic nitrogens is 1. The monoisotopic (exact) mass is 486 g/mol. The molecule has 0 aliphatic rings. The van der Waals surface area contributed by atoms with Gasteiger partial charge in [-0.3, -0.25) is 4.79 Å². The number of carbonyl (C=O) groups excluding carboxylic acids is 2. The number of ketones is 1. The molecular weight excluding hydrogens is 461 g/mol. The number of oxazole rings is 1. The number of nitrogens with zero attached hydrogens (tertiary/aromatic N) is 2. The van der Waals surface area contributed by atoms with Gasteiger partial charge in [0.25, 0.3) is 0 Å². The number of Topliss-reactive ketones (excluding diaryl/α,β-unsaturated/α-hetero) is 1. The van der Waals surface area contributed by atoms with Crippen molar-refractivity contribution in [2.75, 3.05) is 4.90 Å². The third kappa shape index (κ3) is 7.30. The summed E-state index contributed by atoms with van der Waals surface area (Å²) in [6, 6.07) is 11.5. The van der Waals surface area contributed by atoms with Crippen LogP contribution in [0.5, 0.6) is 0 Å². The van der Waals surface area contributed by atoms with E-state index in [-0.39, 0.29) is 18.0 Å². The minimum absolute atomic E-state index is 0.0653. The highest BCUT2D eigenvalue weighted by molar-refractivity contribution is 5.94. The van der Waals surface area contributed by atoms with Crippen molar-refractivity contribution in [3.8, 4) is 0 Å². The zero-order valence-corrected chi connectivity index (χ0v) is 19.7. The number of alkyl halides is 3. The molecule has 0 saturated carbocycles. The maximum absolute atomic E-state index is 12.8. The van der Waals surface area contributed by atoms with E-state index in [9.17, 15) is 22.8 Å². The van der Waals surface area contributed by atoms with E-state index in [4.69, 9.17) is 9.15 Å². The van der Waals surface area contributed by atoms with E-state index in [2.05, 4.69) is 4.98 Å². The Bertz CT molecular complexity index is 1220. The van der Waals surface area contributed by atoms with Crippen molar-refractivity contribution >= 4 is 23.8 Å². The van der Waals surface area contributed by atoms with Gasteiger partial charge in [0.1, 0.15) is 11.9 Å². The molecule has 0 N–H and O–H groups in total. The number of anilines is 1. The van der Waals surface area contributed by atoms with Crippen molar-refractivity contribution in [1.29, 1.82) is 0 Å². The summed E-state index contributed by atoms with van der Waals surface area (Å²) in [7, 11) is 0.